The molecule has 2 aromatic rings. The first-order chi connectivity index (χ1) is 13.0. The van der Waals surface area contributed by atoms with Crippen LogP contribution < -0.4 is 4.74 Å². The third-order valence-corrected chi connectivity index (χ3v) is 3.73. The summed E-state index contributed by atoms with van der Waals surface area (Å²) in [5.41, 5.74) is -0.204. The van der Waals surface area contributed by atoms with Crippen molar-refractivity contribution in [1.29, 1.82) is 0 Å². The zero-order valence-electron chi connectivity index (χ0n) is 15.0. The molecule has 0 spiro atoms. The molecule has 0 atom stereocenters. The summed E-state index contributed by atoms with van der Waals surface area (Å²) in [6, 6.07) is 7.33. The summed E-state index contributed by atoms with van der Waals surface area (Å²) in [5.74, 6) is -0.326. The highest BCUT2D eigenvalue weighted by Gasteiger charge is 2.23. The summed E-state index contributed by atoms with van der Waals surface area (Å²) in [7, 11) is 1.31. The number of hydrogen-bond donors (Lipinski definition) is 0. The van der Waals surface area contributed by atoms with Gasteiger partial charge in [-0.1, -0.05) is 0 Å². The fraction of sp³-hybridized carbons (Fsp3) is 0.333. The number of furan rings is 1. The first kappa shape index (κ1) is 20.0. The summed E-state index contributed by atoms with van der Waals surface area (Å²) >= 11 is 0. The van der Waals surface area contributed by atoms with Crippen LogP contribution in [0.15, 0.2) is 41.0 Å². The molecule has 0 aliphatic carbocycles. The maximum absolute atomic E-state index is 12.9. The van der Waals surface area contributed by atoms with E-state index in [1.54, 1.807) is 19.1 Å². The maximum atomic E-state index is 12.9. The van der Waals surface area contributed by atoms with E-state index in [4.69, 9.17) is 13.9 Å². The molecule has 9 heteroatoms. The van der Waals surface area contributed by atoms with Gasteiger partial charge in [-0.05, 0) is 31.2 Å². The number of hydrogen-bond acceptors (Lipinski definition) is 7. The molecule has 27 heavy (non-hydrogen) atoms. The Hall–Kier alpha value is -3.36. The lowest BCUT2D eigenvalue weighted by molar-refractivity contribution is -0.385. The molecule has 0 bridgehead atoms. The topological polar surface area (TPSA) is 112 Å². The second kappa shape index (κ2) is 9.37. The smallest absolute Gasteiger partial charge is 0.311 e. The van der Waals surface area contributed by atoms with E-state index >= 15 is 0 Å². The number of amides is 1. The van der Waals surface area contributed by atoms with Gasteiger partial charge in [0, 0.05) is 18.2 Å². The molecule has 2 rings (SSSR count). The van der Waals surface area contributed by atoms with Crippen LogP contribution >= 0.6 is 0 Å². The summed E-state index contributed by atoms with van der Waals surface area (Å²) in [6.45, 7) is 2.14. The second-order valence-corrected chi connectivity index (χ2v) is 5.50. The van der Waals surface area contributed by atoms with Crippen LogP contribution in [-0.2, 0) is 16.1 Å². The van der Waals surface area contributed by atoms with Crippen molar-refractivity contribution < 1.29 is 28.4 Å². The normalized spacial score (nSPS) is 10.3. The van der Waals surface area contributed by atoms with Gasteiger partial charge < -0.3 is 18.8 Å². The SMILES string of the molecule is CCOC(=O)CCN(Cc1ccco1)C(=O)c1ccc(OC)c([N+](=O)[O-])c1. The van der Waals surface area contributed by atoms with Gasteiger partial charge in [-0.3, -0.25) is 19.7 Å². The van der Waals surface area contributed by atoms with Crippen molar-refractivity contribution in [3.63, 3.8) is 0 Å². The number of rotatable bonds is 9. The fourth-order valence-corrected chi connectivity index (χ4v) is 2.45. The minimum absolute atomic E-state index is 0.00145. The highest BCUT2D eigenvalue weighted by Crippen LogP contribution is 2.28. The lowest BCUT2D eigenvalue weighted by Gasteiger charge is -2.21. The third kappa shape index (κ3) is 5.30. The minimum atomic E-state index is -0.620. The van der Waals surface area contributed by atoms with Crippen LogP contribution in [0.5, 0.6) is 5.75 Å². The third-order valence-electron chi connectivity index (χ3n) is 3.73. The Bertz CT molecular complexity index is 802. The van der Waals surface area contributed by atoms with E-state index in [0.29, 0.717) is 5.76 Å². The Morgan fingerprint density at radius 2 is 2.07 bits per heavy atom. The van der Waals surface area contributed by atoms with E-state index in [9.17, 15) is 19.7 Å². The molecule has 0 N–H and O–H groups in total. The number of nitro benzene ring substituents is 1. The highest BCUT2D eigenvalue weighted by atomic mass is 16.6. The van der Waals surface area contributed by atoms with Crippen LogP contribution in [0.4, 0.5) is 5.69 Å². The van der Waals surface area contributed by atoms with Crippen molar-refractivity contribution in [1.82, 2.24) is 4.90 Å². The van der Waals surface area contributed by atoms with Crippen LogP contribution in [-0.4, -0.2) is 42.0 Å². The molecule has 1 aromatic heterocycles. The molecule has 0 saturated heterocycles. The van der Waals surface area contributed by atoms with E-state index in [-0.39, 0.29) is 43.1 Å². The molecule has 1 heterocycles. The Labute approximate surface area is 155 Å². The van der Waals surface area contributed by atoms with Gasteiger partial charge >= 0.3 is 11.7 Å². The van der Waals surface area contributed by atoms with Gasteiger partial charge in [-0.25, -0.2) is 0 Å². The van der Waals surface area contributed by atoms with E-state index < -0.39 is 16.8 Å². The van der Waals surface area contributed by atoms with Crippen molar-refractivity contribution in [2.24, 2.45) is 0 Å². The quantitative estimate of drug-likeness (QED) is 0.376. The van der Waals surface area contributed by atoms with Crippen LogP contribution in [0.1, 0.15) is 29.5 Å². The first-order valence-corrected chi connectivity index (χ1v) is 8.26. The molecule has 9 nitrogen and oxygen atoms in total. The summed E-state index contributed by atoms with van der Waals surface area (Å²) in [6.07, 6.45) is 1.47. The number of carbonyl (C=O) groups excluding carboxylic acids is 2. The largest absolute Gasteiger partial charge is 0.490 e. The van der Waals surface area contributed by atoms with Crippen LogP contribution in [0.25, 0.3) is 0 Å². The second-order valence-electron chi connectivity index (χ2n) is 5.50. The van der Waals surface area contributed by atoms with Crippen molar-refractivity contribution in [2.45, 2.75) is 19.9 Å². The van der Waals surface area contributed by atoms with Crippen molar-refractivity contribution in [2.75, 3.05) is 20.3 Å². The molecule has 0 radical (unpaired) electrons. The number of methoxy groups -OCH3 is 1. The summed E-state index contributed by atoms with van der Waals surface area (Å²) in [5, 5.41) is 11.2. The van der Waals surface area contributed by atoms with Gasteiger partial charge in [0.1, 0.15) is 5.76 Å². The average molecular weight is 376 g/mol. The molecule has 144 valence electrons. The van der Waals surface area contributed by atoms with Crippen LogP contribution in [0, 0.1) is 10.1 Å². The van der Waals surface area contributed by atoms with Crippen molar-refractivity contribution in [3.05, 3.63) is 58.0 Å². The number of nitro groups is 1. The number of carbonyl (C=O) groups is 2. The lowest BCUT2D eigenvalue weighted by atomic mass is 10.1. The molecule has 0 unspecified atom stereocenters. The molecule has 0 aliphatic heterocycles. The number of ether oxygens (including phenoxy) is 2. The number of esters is 1. The monoisotopic (exact) mass is 376 g/mol. The molecule has 1 amide bonds. The van der Waals surface area contributed by atoms with Crippen molar-refractivity contribution in [3.8, 4) is 5.75 Å². The maximum Gasteiger partial charge on any atom is 0.311 e. The van der Waals surface area contributed by atoms with Gasteiger partial charge in [-0.15, -0.1) is 0 Å². The Morgan fingerprint density at radius 3 is 2.67 bits per heavy atom. The van der Waals surface area contributed by atoms with Crippen molar-refractivity contribution >= 4 is 17.6 Å². The minimum Gasteiger partial charge on any atom is -0.490 e. The van der Waals surface area contributed by atoms with E-state index in [1.165, 1.54) is 30.4 Å². The average Bonchev–Trinajstić information content (AvgIpc) is 3.17. The zero-order chi connectivity index (χ0) is 19.8. The molecule has 0 aliphatic rings. The predicted molar refractivity (Wildman–Crippen MR) is 94.3 cm³/mol. The summed E-state index contributed by atoms with van der Waals surface area (Å²) < 4.78 is 15.1. The Kier molecular flexibility index (Phi) is 6.93. The van der Waals surface area contributed by atoms with Gasteiger partial charge in [0.15, 0.2) is 5.75 Å². The number of nitrogens with zero attached hydrogens (tertiary/aromatic N) is 2. The Balaban J connectivity index is 2.25. The van der Waals surface area contributed by atoms with Gasteiger partial charge in [0.25, 0.3) is 5.91 Å². The lowest BCUT2D eigenvalue weighted by Crippen LogP contribution is -2.32. The van der Waals surface area contributed by atoms with E-state index in [0.717, 1.165) is 6.07 Å². The predicted octanol–water partition coefficient (Wildman–Crippen LogP) is 2.79. The molecule has 1 aromatic carbocycles. The first-order valence-electron chi connectivity index (χ1n) is 8.26. The highest BCUT2D eigenvalue weighted by molar-refractivity contribution is 5.95. The Morgan fingerprint density at radius 1 is 1.30 bits per heavy atom. The standard InChI is InChI=1S/C18H20N2O7/c1-3-26-17(21)8-9-19(12-14-5-4-10-27-14)18(22)13-6-7-16(25-2)15(11-13)20(23)24/h4-7,10-11H,3,8-9,12H2,1-2H3. The van der Waals surface area contributed by atoms with Gasteiger partial charge in [0.05, 0.1) is 37.9 Å². The molecule has 0 saturated carbocycles. The molecular formula is C18H20N2O7. The fourth-order valence-electron chi connectivity index (χ4n) is 2.45. The molecule has 0 fully saturated rings. The van der Waals surface area contributed by atoms with E-state index in [2.05, 4.69) is 0 Å². The van der Waals surface area contributed by atoms with Crippen LogP contribution in [0.2, 0.25) is 0 Å². The molecular weight excluding hydrogens is 356 g/mol. The van der Waals surface area contributed by atoms with Gasteiger partial charge in [0.2, 0.25) is 0 Å². The number of benzene rings is 1. The van der Waals surface area contributed by atoms with Crippen LogP contribution in [0.3, 0.4) is 0 Å². The van der Waals surface area contributed by atoms with Gasteiger partial charge in [-0.2, -0.15) is 0 Å². The zero-order valence-corrected chi connectivity index (χ0v) is 15.0. The van der Waals surface area contributed by atoms with E-state index in [1.807, 2.05) is 0 Å². The summed E-state index contributed by atoms with van der Waals surface area (Å²) in [4.78, 5) is 36.5.